The van der Waals surface area contributed by atoms with Crippen LogP contribution in [0.1, 0.15) is 17.9 Å². The molecule has 0 aliphatic heterocycles. The molecule has 0 radical (unpaired) electrons. The topological polar surface area (TPSA) is 72.6 Å². The summed E-state index contributed by atoms with van der Waals surface area (Å²) in [6.45, 7) is 1.51. The molecule has 0 saturated carbocycles. The van der Waals surface area contributed by atoms with E-state index in [0.717, 1.165) is 11.3 Å². The summed E-state index contributed by atoms with van der Waals surface area (Å²) in [5.74, 6) is -0.124. The van der Waals surface area contributed by atoms with Gasteiger partial charge in [-0.05, 0) is 31.2 Å². The molecule has 19 heavy (non-hydrogen) atoms. The molecule has 1 atom stereocenters. The van der Waals surface area contributed by atoms with Gasteiger partial charge in [-0.1, -0.05) is 11.3 Å². The van der Waals surface area contributed by atoms with Crippen molar-refractivity contribution < 1.29 is 19.2 Å². The molecule has 1 unspecified atom stereocenters. The molecule has 5 nitrogen and oxygen atoms in total. The first-order valence-corrected chi connectivity index (χ1v) is 6.18. The van der Waals surface area contributed by atoms with Crippen molar-refractivity contribution in [1.82, 2.24) is 0 Å². The fourth-order valence-corrected chi connectivity index (χ4v) is 2.33. The first-order valence-electron chi connectivity index (χ1n) is 5.37. The van der Waals surface area contributed by atoms with Crippen LogP contribution < -0.4 is 4.74 Å². The van der Waals surface area contributed by atoms with Crippen LogP contribution >= 0.6 is 11.3 Å². The normalized spacial score (nSPS) is 12.2. The minimum atomic E-state index is -0.811. The van der Waals surface area contributed by atoms with Crippen molar-refractivity contribution >= 4 is 17.0 Å². The number of ether oxygens (including phenoxy) is 1. The van der Waals surface area contributed by atoms with Gasteiger partial charge in [-0.2, -0.15) is 0 Å². The van der Waals surface area contributed by atoms with E-state index in [0.29, 0.717) is 10.6 Å². The minimum absolute atomic E-state index is 0.0625. The zero-order chi connectivity index (χ0) is 14.0. The molecule has 1 N–H and O–H groups in total. The molecule has 0 aliphatic carbocycles. The molecule has 7 heteroatoms. The van der Waals surface area contributed by atoms with Gasteiger partial charge in [0.15, 0.2) is 0 Å². The lowest BCUT2D eigenvalue weighted by Gasteiger charge is -2.02. The van der Waals surface area contributed by atoms with Crippen LogP contribution in [0.5, 0.6) is 10.8 Å². The zero-order valence-corrected chi connectivity index (χ0v) is 10.7. The number of nitrogens with zero attached hydrogens (tertiary/aromatic N) is 1. The maximum atomic E-state index is 12.7. The highest BCUT2D eigenvalue weighted by Gasteiger charge is 2.23. The Hall–Kier alpha value is -1.99. The van der Waals surface area contributed by atoms with Gasteiger partial charge in [-0.15, -0.1) is 0 Å². The van der Waals surface area contributed by atoms with Crippen LogP contribution in [-0.4, -0.2) is 10.0 Å². The quantitative estimate of drug-likeness (QED) is 0.686. The van der Waals surface area contributed by atoms with Gasteiger partial charge in [0.1, 0.15) is 11.6 Å². The maximum Gasteiger partial charge on any atom is 0.323 e. The Balaban J connectivity index is 2.33. The van der Waals surface area contributed by atoms with Crippen LogP contribution in [0.15, 0.2) is 30.3 Å². The Kier molecular flexibility index (Phi) is 3.77. The smallest absolute Gasteiger partial charge is 0.323 e. The van der Waals surface area contributed by atoms with E-state index in [-0.39, 0.29) is 10.8 Å². The lowest BCUT2D eigenvalue weighted by atomic mass is 10.3. The Morgan fingerprint density at radius 3 is 2.58 bits per heavy atom. The van der Waals surface area contributed by atoms with E-state index >= 15 is 0 Å². The van der Waals surface area contributed by atoms with Crippen molar-refractivity contribution in [3.05, 3.63) is 51.1 Å². The van der Waals surface area contributed by atoms with Gasteiger partial charge in [0.05, 0.1) is 11.0 Å². The van der Waals surface area contributed by atoms with Crippen molar-refractivity contribution in [2.75, 3.05) is 0 Å². The Labute approximate surface area is 112 Å². The summed E-state index contributed by atoms with van der Waals surface area (Å²) in [5, 5.41) is 20.4. The summed E-state index contributed by atoms with van der Waals surface area (Å²) in [7, 11) is 0. The molecule has 100 valence electrons. The standard InChI is InChI=1S/C12H10FNO4S/c1-7(15)11-6-10(14(16)17)12(19-11)18-9-4-2-8(13)3-5-9/h2-7,15H,1H3. The van der Waals surface area contributed by atoms with E-state index in [1.807, 2.05) is 0 Å². The molecule has 1 aromatic carbocycles. The maximum absolute atomic E-state index is 12.7. The van der Waals surface area contributed by atoms with Gasteiger partial charge in [0, 0.05) is 10.9 Å². The monoisotopic (exact) mass is 283 g/mol. The number of benzene rings is 1. The summed E-state index contributed by atoms with van der Waals surface area (Å²) in [4.78, 5) is 10.7. The van der Waals surface area contributed by atoms with Crippen LogP contribution in [0.25, 0.3) is 0 Å². The molecule has 0 bridgehead atoms. The number of aliphatic hydroxyl groups excluding tert-OH is 1. The van der Waals surface area contributed by atoms with Crippen LogP contribution in [0.4, 0.5) is 10.1 Å². The summed E-state index contributed by atoms with van der Waals surface area (Å²) in [6, 6.07) is 6.42. The zero-order valence-electron chi connectivity index (χ0n) is 9.87. The van der Waals surface area contributed by atoms with Crippen LogP contribution in [0.3, 0.4) is 0 Å². The predicted molar refractivity (Wildman–Crippen MR) is 68.1 cm³/mol. The highest BCUT2D eigenvalue weighted by atomic mass is 32.1. The number of nitro groups is 1. The Bertz CT molecular complexity index is 594. The second kappa shape index (κ2) is 5.33. The van der Waals surface area contributed by atoms with Gasteiger partial charge in [-0.25, -0.2) is 4.39 Å². The third-order valence-corrected chi connectivity index (χ3v) is 3.50. The first-order chi connectivity index (χ1) is 8.97. The number of aliphatic hydroxyl groups is 1. The molecule has 0 fully saturated rings. The van der Waals surface area contributed by atoms with Crippen LogP contribution in [0, 0.1) is 15.9 Å². The highest BCUT2D eigenvalue weighted by molar-refractivity contribution is 7.14. The first kappa shape index (κ1) is 13.4. The molecule has 2 rings (SSSR count). The van der Waals surface area contributed by atoms with Gasteiger partial charge >= 0.3 is 5.69 Å². The van der Waals surface area contributed by atoms with E-state index in [2.05, 4.69) is 0 Å². The number of hydrogen-bond donors (Lipinski definition) is 1. The summed E-state index contributed by atoms with van der Waals surface area (Å²) < 4.78 is 18.1. The van der Waals surface area contributed by atoms with Crippen molar-refractivity contribution in [2.24, 2.45) is 0 Å². The summed E-state index contributed by atoms with van der Waals surface area (Å²) in [5.41, 5.74) is -0.217. The molecule has 1 heterocycles. The molecule has 2 aromatic rings. The average molecular weight is 283 g/mol. The molecule has 0 amide bonds. The SMILES string of the molecule is CC(O)c1cc([N+](=O)[O-])c(Oc2ccc(F)cc2)s1. The summed E-state index contributed by atoms with van der Waals surface area (Å²) in [6.07, 6.45) is -0.811. The largest absolute Gasteiger partial charge is 0.440 e. The number of halogens is 1. The highest BCUT2D eigenvalue weighted by Crippen LogP contribution is 2.41. The average Bonchev–Trinajstić information content (AvgIpc) is 2.76. The molecule has 0 saturated heterocycles. The van der Waals surface area contributed by atoms with Gasteiger partial charge in [0.25, 0.3) is 5.06 Å². The lowest BCUT2D eigenvalue weighted by Crippen LogP contribution is -1.89. The predicted octanol–water partition coefficient (Wildman–Crippen LogP) is 3.64. The van der Waals surface area contributed by atoms with E-state index in [1.165, 1.54) is 37.3 Å². The van der Waals surface area contributed by atoms with Crippen molar-refractivity contribution in [1.29, 1.82) is 0 Å². The van der Waals surface area contributed by atoms with Crippen molar-refractivity contribution in [3.63, 3.8) is 0 Å². The third-order valence-electron chi connectivity index (χ3n) is 2.33. The van der Waals surface area contributed by atoms with Crippen LogP contribution in [0.2, 0.25) is 0 Å². The van der Waals surface area contributed by atoms with E-state index in [9.17, 15) is 19.6 Å². The van der Waals surface area contributed by atoms with Gasteiger partial charge < -0.3 is 9.84 Å². The van der Waals surface area contributed by atoms with Crippen LogP contribution in [-0.2, 0) is 0 Å². The van der Waals surface area contributed by atoms with Crippen molar-refractivity contribution in [2.45, 2.75) is 13.0 Å². The Morgan fingerprint density at radius 1 is 1.42 bits per heavy atom. The van der Waals surface area contributed by atoms with Gasteiger partial charge in [-0.3, -0.25) is 10.1 Å². The number of thiophene rings is 1. The molecule has 1 aromatic heterocycles. The third kappa shape index (κ3) is 3.07. The second-order valence-corrected chi connectivity index (χ2v) is 4.86. The molecule has 0 spiro atoms. The fourth-order valence-electron chi connectivity index (χ4n) is 1.40. The number of hydrogen-bond acceptors (Lipinski definition) is 5. The van der Waals surface area contributed by atoms with E-state index in [4.69, 9.17) is 4.74 Å². The molecule has 0 aliphatic rings. The molecular formula is C12H10FNO4S. The lowest BCUT2D eigenvalue weighted by molar-refractivity contribution is -0.385. The Morgan fingerprint density at radius 2 is 2.05 bits per heavy atom. The van der Waals surface area contributed by atoms with E-state index in [1.54, 1.807) is 0 Å². The number of rotatable bonds is 4. The summed E-state index contributed by atoms with van der Waals surface area (Å²) >= 11 is 0.987. The second-order valence-electron chi connectivity index (χ2n) is 3.81. The van der Waals surface area contributed by atoms with E-state index < -0.39 is 16.8 Å². The minimum Gasteiger partial charge on any atom is -0.440 e. The van der Waals surface area contributed by atoms with Gasteiger partial charge in [0.2, 0.25) is 0 Å². The van der Waals surface area contributed by atoms with Crippen molar-refractivity contribution in [3.8, 4) is 10.8 Å². The molecular weight excluding hydrogens is 273 g/mol. The fraction of sp³-hybridized carbons (Fsp3) is 0.167.